The van der Waals surface area contributed by atoms with E-state index in [0.717, 1.165) is 5.76 Å². The van der Waals surface area contributed by atoms with Crippen LogP contribution in [0.15, 0.2) is 12.3 Å². The molecule has 0 rings (SSSR count). The zero-order chi connectivity index (χ0) is 7.28. The van der Waals surface area contributed by atoms with E-state index in [2.05, 4.69) is 20.0 Å². The van der Waals surface area contributed by atoms with Crippen molar-refractivity contribution >= 4 is 9.04 Å². The monoisotopic (exact) mass is 144 g/mol. The topological polar surface area (TPSA) is 9.23 Å². The van der Waals surface area contributed by atoms with Crippen LogP contribution in [0.25, 0.3) is 0 Å². The predicted octanol–water partition coefficient (Wildman–Crippen LogP) is 2.30. The van der Waals surface area contributed by atoms with Gasteiger partial charge in [-0.15, -0.1) is 0 Å². The van der Waals surface area contributed by atoms with Crippen molar-refractivity contribution in [2.75, 3.05) is 0 Å². The van der Waals surface area contributed by atoms with Crippen LogP contribution in [-0.4, -0.2) is 9.04 Å². The third kappa shape index (κ3) is 5.63. The summed E-state index contributed by atoms with van der Waals surface area (Å²) in [6.45, 7) is 10.00. The fraction of sp³-hybridized carbons (Fsp3) is 0.714. The van der Waals surface area contributed by atoms with Crippen molar-refractivity contribution in [2.24, 2.45) is 0 Å². The van der Waals surface area contributed by atoms with Crippen LogP contribution >= 0.6 is 0 Å². The average molecular weight is 144 g/mol. The van der Waals surface area contributed by atoms with Crippen molar-refractivity contribution in [3.8, 4) is 0 Å². The SMILES string of the molecule is C=C(C)O[SiH](C)CCC. The Morgan fingerprint density at radius 3 is 2.56 bits per heavy atom. The second kappa shape index (κ2) is 4.62. The molecule has 0 saturated carbocycles. The summed E-state index contributed by atoms with van der Waals surface area (Å²) in [6.07, 6.45) is 1.24. The van der Waals surface area contributed by atoms with Gasteiger partial charge in [0.05, 0.1) is 5.76 Å². The predicted molar refractivity (Wildman–Crippen MR) is 44.0 cm³/mol. The van der Waals surface area contributed by atoms with Crippen LogP contribution in [0.5, 0.6) is 0 Å². The molecule has 1 nitrogen and oxygen atoms in total. The van der Waals surface area contributed by atoms with Gasteiger partial charge in [0, 0.05) is 0 Å². The molecule has 0 aliphatic heterocycles. The van der Waals surface area contributed by atoms with Crippen molar-refractivity contribution in [3.05, 3.63) is 12.3 Å². The van der Waals surface area contributed by atoms with Gasteiger partial charge >= 0.3 is 0 Å². The molecule has 0 aromatic carbocycles. The van der Waals surface area contributed by atoms with Gasteiger partial charge in [0.15, 0.2) is 0 Å². The first-order valence-electron chi connectivity index (χ1n) is 3.49. The molecule has 54 valence electrons. The van der Waals surface area contributed by atoms with Gasteiger partial charge in [0.25, 0.3) is 0 Å². The van der Waals surface area contributed by atoms with Crippen LogP contribution in [0.4, 0.5) is 0 Å². The van der Waals surface area contributed by atoms with Crippen molar-refractivity contribution in [1.82, 2.24) is 0 Å². The number of hydrogen-bond donors (Lipinski definition) is 0. The summed E-state index contributed by atoms with van der Waals surface area (Å²) < 4.78 is 5.44. The van der Waals surface area contributed by atoms with E-state index >= 15 is 0 Å². The zero-order valence-electron chi connectivity index (χ0n) is 6.61. The highest BCUT2D eigenvalue weighted by Crippen LogP contribution is 2.02. The fourth-order valence-electron chi connectivity index (χ4n) is 0.809. The molecule has 9 heavy (non-hydrogen) atoms. The highest BCUT2D eigenvalue weighted by molar-refractivity contribution is 6.50. The smallest absolute Gasteiger partial charge is 0.232 e. The first-order valence-corrected chi connectivity index (χ1v) is 5.93. The van der Waals surface area contributed by atoms with E-state index in [0.29, 0.717) is 0 Å². The maximum atomic E-state index is 5.44. The standard InChI is InChI=1S/C7H16OSi/c1-5-6-9(4)8-7(2)3/h9H,2,5-6H2,1,3-4H3. The highest BCUT2D eigenvalue weighted by Gasteiger charge is 2.01. The molecule has 0 radical (unpaired) electrons. The summed E-state index contributed by atoms with van der Waals surface area (Å²) >= 11 is 0. The molecule has 0 amide bonds. The molecule has 0 N–H and O–H groups in total. The van der Waals surface area contributed by atoms with Crippen molar-refractivity contribution in [1.29, 1.82) is 0 Å². The van der Waals surface area contributed by atoms with Gasteiger partial charge in [0.1, 0.15) is 0 Å². The maximum Gasteiger partial charge on any atom is 0.232 e. The van der Waals surface area contributed by atoms with Crippen LogP contribution in [-0.2, 0) is 4.43 Å². The van der Waals surface area contributed by atoms with Crippen LogP contribution in [0.2, 0.25) is 12.6 Å². The molecule has 0 heterocycles. The Labute approximate surface area is 59.5 Å². The molecule has 0 saturated heterocycles. The number of rotatable bonds is 4. The van der Waals surface area contributed by atoms with Gasteiger partial charge in [-0.05, 0) is 19.5 Å². The molecule has 0 aliphatic carbocycles. The molecular formula is C7H16OSi. The average Bonchev–Trinajstić information content (AvgIpc) is 1.63. The summed E-state index contributed by atoms with van der Waals surface area (Å²) in [4.78, 5) is 0. The highest BCUT2D eigenvalue weighted by atomic mass is 28.3. The molecule has 0 aliphatic rings. The molecule has 0 aromatic rings. The summed E-state index contributed by atoms with van der Waals surface area (Å²) in [5, 5.41) is 0. The largest absolute Gasteiger partial charge is 0.550 e. The first-order chi connectivity index (χ1) is 4.16. The lowest BCUT2D eigenvalue weighted by Gasteiger charge is -2.10. The normalized spacial score (nSPS) is 12.8. The van der Waals surface area contributed by atoms with E-state index in [-0.39, 0.29) is 0 Å². The van der Waals surface area contributed by atoms with Crippen LogP contribution in [0.1, 0.15) is 20.3 Å². The Balaban J connectivity index is 3.26. The number of hydrogen-bond acceptors (Lipinski definition) is 1. The second-order valence-corrected chi connectivity index (χ2v) is 4.85. The van der Waals surface area contributed by atoms with Crippen molar-refractivity contribution in [2.45, 2.75) is 32.9 Å². The summed E-state index contributed by atoms with van der Waals surface area (Å²) in [5.41, 5.74) is 0. The van der Waals surface area contributed by atoms with E-state index in [4.69, 9.17) is 4.43 Å². The lowest BCUT2D eigenvalue weighted by molar-refractivity contribution is 0.439. The van der Waals surface area contributed by atoms with Gasteiger partial charge in [-0.3, -0.25) is 0 Å². The van der Waals surface area contributed by atoms with E-state index in [9.17, 15) is 0 Å². The minimum absolute atomic E-state index is 0.860. The van der Waals surface area contributed by atoms with Gasteiger partial charge in [-0.25, -0.2) is 0 Å². The number of allylic oxidation sites excluding steroid dienone is 1. The van der Waals surface area contributed by atoms with Gasteiger partial charge in [-0.1, -0.05) is 19.9 Å². The lowest BCUT2D eigenvalue weighted by Crippen LogP contribution is -2.10. The Kier molecular flexibility index (Phi) is 4.49. The summed E-state index contributed by atoms with van der Waals surface area (Å²) in [6, 6.07) is 1.26. The molecule has 1 unspecified atom stereocenters. The summed E-state index contributed by atoms with van der Waals surface area (Å²) in [5.74, 6) is 0.877. The van der Waals surface area contributed by atoms with E-state index in [1.807, 2.05) is 6.92 Å². The molecule has 1 atom stereocenters. The Hall–Kier alpha value is -0.243. The molecular weight excluding hydrogens is 128 g/mol. The molecule has 0 spiro atoms. The maximum absolute atomic E-state index is 5.44. The van der Waals surface area contributed by atoms with Crippen molar-refractivity contribution in [3.63, 3.8) is 0 Å². The van der Waals surface area contributed by atoms with Crippen LogP contribution in [0.3, 0.4) is 0 Å². The Morgan fingerprint density at radius 2 is 2.22 bits per heavy atom. The second-order valence-electron chi connectivity index (χ2n) is 2.42. The van der Waals surface area contributed by atoms with E-state index in [1.165, 1.54) is 12.5 Å². The van der Waals surface area contributed by atoms with Gasteiger partial charge < -0.3 is 4.43 Å². The van der Waals surface area contributed by atoms with E-state index in [1.54, 1.807) is 0 Å². The summed E-state index contributed by atoms with van der Waals surface area (Å²) in [7, 11) is -0.860. The quantitative estimate of drug-likeness (QED) is 0.434. The lowest BCUT2D eigenvalue weighted by atomic mass is 10.6. The fourth-order valence-corrected chi connectivity index (χ4v) is 2.43. The molecule has 0 fully saturated rings. The van der Waals surface area contributed by atoms with E-state index < -0.39 is 9.04 Å². The third-order valence-corrected chi connectivity index (χ3v) is 3.29. The van der Waals surface area contributed by atoms with Gasteiger partial charge in [-0.2, -0.15) is 0 Å². The van der Waals surface area contributed by atoms with Crippen LogP contribution in [0, 0.1) is 0 Å². The Bertz CT molecular complexity index is 90.9. The zero-order valence-corrected chi connectivity index (χ0v) is 7.76. The first kappa shape index (κ1) is 8.76. The third-order valence-electron chi connectivity index (χ3n) is 1.10. The minimum atomic E-state index is -0.860. The molecule has 0 bridgehead atoms. The van der Waals surface area contributed by atoms with Gasteiger partial charge in [0.2, 0.25) is 9.04 Å². The van der Waals surface area contributed by atoms with Crippen LogP contribution < -0.4 is 0 Å². The van der Waals surface area contributed by atoms with Crippen molar-refractivity contribution < 1.29 is 4.43 Å². The minimum Gasteiger partial charge on any atom is -0.550 e. The Morgan fingerprint density at radius 1 is 1.67 bits per heavy atom. The molecule has 2 heteroatoms. The molecule has 0 aromatic heterocycles.